The van der Waals surface area contributed by atoms with E-state index in [2.05, 4.69) is 31.7 Å². The third-order valence-electron chi connectivity index (χ3n) is 4.38. The minimum Gasteiger partial charge on any atom is -0.354 e. The number of aryl methyl sites for hydroxylation is 1. The molecule has 26 heavy (non-hydrogen) atoms. The number of amides is 1. The number of aromatic nitrogens is 3. The average molecular weight is 351 g/mol. The molecule has 3 rings (SSSR count). The standard InChI is InChI=1S/C20H25N5O/c1-15-12-18(19(26)23-14-17-8-5-10-21-13-17)25-20(24-15)22-11-9-16-6-3-2-4-7-16/h5-6,8,10,12-13H,2-4,7,9,11,14H2,1H3,(H,23,26)(H,22,24,25). The van der Waals surface area contributed by atoms with Gasteiger partial charge in [0.05, 0.1) is 0 Å². The minimum atomic E-state index is -0.211. The molecule has 1 aliphatic rings. The van der Waals surface area contributed by atoms with Crippen LogP contribution in [0.2, 0.25) is 0 Å². The molecule has 0 aromatic carbocycles. The van der Waals surface area contributed by atoms with Crippen molar-refractivity contribution in [2.24, 2.45) is 0 Å². The van der Waals surface area contributed by atoms with Crippen LogP contribution >= 0.6 is 0 Å². The van der Waals surface area contributed by atoms with Crippen LogP contribution in [0.5, 0.6) is 0 Å². The predicted octanol–water partition coefficient (Wildman–Crippen LogP) is 3.41. The third kappa shape index (κ3) is 5.37. The molecule has 136 valence electrons. The number of allylic oxidation sites excluding steroid dienone is 1. The van der Waals surface area contributed by atoms with Gasteiger partial charge < -0.3 is 10.6 Å². The summed E-state index contributed by atoms with van der Waals surface area (Å²) in [6, 6.07) is 5.47. The zero-order valence-corrected chi connectivity index (χ0v) is 15.2. The summed E-state index contributed by atoms with van der Waals surface area (Å²) < 4.78 is 0. The highest BCUT2D eigenvalue weighted by molar-refractivity contribution is 5.92. The number of nitrogens with one attached hydrogen (secondary N) is 2. The summed E-state index contributed by atoms with van der Waals surface area (Å²) in [5.74, 6) is 0.297. The van der Waals surface area contributed by atoms with Gasteiger partial charge >= 0.3 is 0 Å². The van der Waals surface area contributed by atoms with Gasteiger partial charge in [-0.1, -0.05) is 17.7 Å². The summed E-state index contributed by atoms with van der Waals surface area (Å²) in [5.41, 5.74) is 3.60. The van der Waals surface area contributed by atoms with Gasteiger partial charge in [0.2, 0.25) is 5.95 Å². The van der Waals surface area contributed by atoms with E-state index in [1.165, 1.54) is 31.3 Å². The largest absolute Gasteiger partial charge is 0.354 e. The van der Waals surface area contributed by atoms with Crippen molar-refractivity contribution >= 4 is 11.9 Å². The van der Waals surface area contributed by atoms with Gasteiger partial charge in [0, 0.05) is 31.2 Å². The van der Waals surface area contributed by atoms with Gasteiger partial charge in [-0.25, -0.2) is 9.97 Å². The normalized spacial score (nSPS) is 13.8. The second kappa shape index (κ2) is 9.08. The Morgan fingerprint density at radius 3 is 2.96 bits per heavy atom. The fraction of sp³-hybridized carbons (Fsp3) is 0.400. The van der Waals surface area contributed by atoms with Crippen molar-refractivity contribution in [2.45, 2.75) is 45.6 Å². The molecule has 0 spiro atoms. The van der Waals surface area contributed by atoms with Crippen LogP contribution in [0.3, 0.4) is 0 Å². The summed E-state index contributed by atoms with van der Waals surface area (Å²) in [4.78, 5) is 25.2. The molecule has 1 aliphatic carbocycles. The van der Waals surface area contributed by atoms with Crippen molar-refractivity contribution in [3.63, 3.8) is 0 Å². The minimum absolute atomic E-state index is 0.211. The smallest absolute Gasteiger partial charge is 0.270 e. The van der Waals surface area contributed by atoms with Crippen molar-refractivity contribution in [1.82, 2.24) is 20.3 Å². The fourth-order valence-electron chi connectivity index (χ4n) is 3.01. The number of pyridine rings is 1. The lowest BCUT2D eigenvalue weighted by molar-refractivity contribution is 0.0945. The molecular formula is C20H25N5O. The molecule has 1 amide bonds. The molecule has 2 aromatic heterocycles. The topological polar surface area (TPSA) is 79.8 Å². The van der Waals surface area contributed by atoms with E-state index in [4.69, 9.17) is 0 Å². The quantitative estimate of drug-likeness (QED) is 0.747. The number of nitrogens with zero attached hydrogens (tertiary/aromatic N) is 3. The molecule has 0 atom stereocenters. The van der Waals surface area contributed by atoms with Gasteiger partial charge in [0.15, 0.2) is 0 Å². The molecule has 0 aliphatic heterocycles. The first-order chi connectivity index (χ1) is 12.7. The van der Waals surface area contributed by atoms with Gasteiger partial charge in [0.1, 0.15) is 5.69 Å². The molecule has 0 saturated carbocycles. The van der Waals surface area contributed by atoms with Gasteiger partial charge in [-0.3, -0.25) is 9.78 Å². The first-order valence-corrected chi connectivity index (χ1v) is 9.15. The maximum absolute atomic E-state index is 12.4. The molecular weight excluding hydrogens is 326 g/mol. The molecule has 0 radical (unpaired) electrons. The Balaban J connectivity index is 1.56. The summed E-state index contributed by atoms with van der Waals surface area (Å²) in [6.07, 6.45) is 11.8. The van der Waals surface area contributed by atoms with E-state index in [1.54, 1.807) is 18.5 Å². The summed E-state index contributed by atoms with van der Waals surface area (Å²) in [6.45, 7) is 3.08. The summed E-state index contributed by atoms with van der Waals surface area (Å²) in [7, 11) is 0. The van der Waals surface area contributed by atoms with E-state index in [9.17, 15) is 4.79 Å². The van der Waals surface area contributed by atoms with Crippen LogP contribution in [0.15, 0.2) is 42.2 Å². The highest BCUT2D eigenvalue weighted by Gasteiger charge is 2.11. The second-order valence-corrected chi connectivity index (χ2v) is 6.55. The molecule has 0 saturated heterocycles. The number of carbonyl (C=O) groups is 1. The number of hydrogen-bond acceptors (Lipinski definition) is 5. The highest BCUT2D eigenvalue weighted by atomic mass is 16.1. The lowest BCUT2D eigenvalue weighted by Gasteiger charge is -2.13. The van der Waals surface area contributed by atoms with Crippen molar-refractivity contribution < 1.29 is 4.79 Å². The van der Waals surface area contributed by atoms with Crippen molar-refractivity contribution in [2.75, 3.05) is 11.9 Å². The van der Waals surface area contributed by atoms with Crippen LogP contribution in [-0.2, 0) is 6.54 Å². The Morgan fingerprint density at radius 2 is 2.19 bits per heavy atom. The van der Waals surface area contributed by atoms with E-state index in [-0.39, 0.29) is 5.91 Å². The van der Waals surface area contributed by atoms with Gasteiger partial charge in [-0.15, -0.1) is 0 Å². The van der Waals surface area contributed by atoms with Crippen LogP contribution in [0.25, 0.3) is 0 Å². The Labute approximate surface area is 154 Å². The van der Waals surface area contributed by atoms with Crippen LogP contribution < -0.4 is 10.6 Å². The number of rotatable bonds is 7. The fourth-order valence-corrected chi connectivity index (χ4v) is 3.01. The van der Waals surface area contributed by atoms with Crippen molar-refractivity contribution in [3.8, 4) is 0 Å². The maximum Gasteiger partial charge on any atom is 0.270 e. The predicted molar refractivity (Wildman–Crippen MR) is 102 cm³/mol. The van der Waals surface area contributed by atoms with E-state index in [0.29, 0.717) is 18.2 Å². The summed E-state index contributed by atoms with van der Waals surface area (Å²) in [5, 5.41) is 6.12. The van der Waals surface area contributed by atoms with Gasteiger partial charge in [0.25, 0.3) is 5.91 Å². The molecule has 0 fully saturated rings. The van der Waals surface area contributed by atoms with E-state index in [0.717, 1.165) is 24.2 Å². The van der Waals surface area contributed by atoms with Gasteiger partial charge in [-0.05, 0) is 56.7 Å². The molecule has 6 heteroatoms. The van der Waals surface area contributed by atoms with E-state index in [1.807, 2.05) is 19.1 Å². The monoisotopic (exact) mass is 351 g/mol. The van der Waals surface area contributed by atoms with E-state index < -0.39 is 0 Å². The van der Waals surface area contributed by atoms with Gasteiger partial charge in [-0.2, -0.15) is 0 Å². The zero-order chi connectivity index (χ0) is 18.2. The van der Waals surface area contributed by atoms with Crippen LogP contribution in [0.4, 0.5) is 5.95 Å². The Morgan fingerprint density at radius 1 is 1.27 bits per heavy atom. The number of hydrogen-bond donors (Lipinski definition) is 2. The SMILES string of the molecule is Cc1cc(C(=O)NCc2cccnc2)nc(NCCC2=CCCCC2)n1. The van der Waals surface area contributed by atoms with E-state index >= 15 is 0 Å². The first-order valence-electron chi connectivity index (χ1n) is 9.15. The second-order valence-electron chi connectivity index (χ2n) is 6.55. The zero-order valence-electron chi connectivity index (χ0n) is 15.2. The first kappa shape index (κ1) is 18.0. The third-order valence-corrected chi connectivity index (χ3v) is 4.38. The maximum atomic E-state index is 12.4. The molecule has 0 bridgehead atoms. The number of carbonyl (C=O) groups excluding carboxylic acids is 1. The highest BCUT2D eigenvalue weighted by Crippen LogP contribution is 2.19. The van der Waals surface area contributed by atoms with Crippen molar-refractivity contribution in [1.29, 1.82) is 0 Å². The molecule has 0 unspecified atom stereocenters. The average Bonchev–Trinajstić information content (AvgIpc) is 2.67. The summed E-state index contributed by atoms with van der Waals surface area (Å²) >= 11 is 0. The van der Waals surface area contributed by atoms with Crippen LogP contribution in [-0.4, -0.2) is 27.4 Å². The molecule has 6 nitrogen and oxygen atoms in total. The molecule has 2 N–H and O–H groups in total. The van der Waals surface area contributed by atoms with Crippen LogP contribution in [0, 0.1) is 6.92 Å². The Hall–Kier alpha value is -2.76. The lowest BCUT2D eigenvalue weighted by Crippen LogP contribution is -2.24. The Kier molecular flexibility index (Phi) is 6.30. The molecule has 2 heterocycles. The number of anilines is 1. The van der Waals surface area contributed by atoms with Crippen LogP contribution in [0.1, 0.15) is 53.8 Å². The Bertz CT molecular complexity index is 773. The molecule has 2 aromatic rings. The lowest BCUT2D eigenvalue weighted by atomic mass is 9.97. The van der Waals surface area contributed by atoms with Crippen molar-refractivity contribution in [3.05, 3.63) is 59.2 Å².